The lowest BCUT2D eigenvalue weighted by atomic mass is 10.1. The molecule has 152 valence electrons. The zero-order valence-corrected chi connectivity index (χ0v) is 17.1. The Kier molecular flexibility index (Phi) is 6.32. The molecule has 0 spiro atoms. The largest absolute Gasteiger partial charge is 0.355 e. The van der Waals surface area contributed by atoms with E-state index in [1.165, 1.54) is 0 Å². The van der Waals surface area contributed by atoms with Crippen molar-refractivity contribution in [2.24, 2.45) is 5.92 Å². The van der Waals surface area contributed by atoms with E-state index in [1.807, 2.05) is 49.4 Å². The zero-order chi connectivity index (χ0) is 21.0. The molecule has 1 fully saturated rings. The van der Waals surface area contributed by atoms with Crippen LogP contribution in [-0.4, -0.2) is 48.2 Å². The van der Waals surface area contributed by atoms with Gasteiger partial charge < -0.3 is 15.1 Å². The monoisotopic (exact) mass is 393 g/mol. The highest BCUT2D eigenvalue weighted by atomic mass is 16.2. The number of benzene rings is 2. The van der Waals surface area contributed by atoms with E-state index in [2.05, 4.69) is 5.32 Å². The normalized spacial score (nSPS) is 17.1. The maximum absolute atomic E-state index is 12.9. The Morgan fingerprint density at radius 1 is 1.14 bits per heavy atom. The van der Waals surface area contributed by atoms with Crippen molar-refractivity contribution in [1.82, 2.24) is 15.1 Å². The zero-order valence-electron chi connectivity index (χ0n) is 17.1. The number of hydrogen-bond acceptors (Lipinski definition) is 3. The third kappa shape index (κ3) is 4.65. The van der Waals surface area contributed by atoms with Crippen LogP contribution in [0.1, 0.15) is 40.9 Å². The molecule has 6 nitrogen and oxygen atoms in total. The van der Waals surface area contributed by atoms with Crippen LogP contribution in [-0.2, 0) is 16.1 Å². The Balaban J connectivity index is 1.61. The van der Waals surface area contributed by atoms with Gasteiger partial charge in [0.25, 0.3) is 5.91 Å². The van der Waals surface area contributed by atoms with Crippen LogP contribution in [0.4, 0.5) is 0 Å². The molecule has 3 amide bonds. The molecule has 0 radical (unpaired) electrons. The van der Waals surface area contributed by atoms with Crippen LogP contribution in [0, 0.1) is 5.92 Å². The number of carbonyl (C=O) groups excluding carboxylic acids is 3. The third-order valence-electron chi connectivity index (χ3n) is 5.50. The maximum atomic E-state index is 12.9. The van der Waals surface area contributed by atoms with Gasteiger partial charge in [-0.1, -0.05) is 42.5 Å². The topological polar surface area (TPSA) is 69.7 Å². The van der Waals surface area contributed by atoms with Crippen LogP contribution in [0.25, 0.3) is 0 Å². The summed E-state index contributed by atoms with van der Waals surface area (Å²) in [6.07, 6.45) is 0.246. The van der Waals surface area contributed by atoms with Crippen LogP contribution in [0.2, 0.25) is 0 Å². The molecule has 0 aliphatic carbocycles. The number of hydrogen-bond donors (Lipinski definition) is 1. The number of amides is 3. The second-order valence-electron chi connectivity index (χ2n) is 7.50. The number of rotatable bonds is 6. The van der Waals surface area contributed by atoms with Crippen LogP contribution in [0.3, 0.4) is 0 Å². The molecule has 3 rings (SSSR count). The Morgan fingerprint density at radius 3 is 2.41 bits per heavy atom. The van der Waals surface area contributed by atoms with Crippen LogP contribution < -0.4 is 5.32 Å². The van der Waals surface area contributed by atoms with Crippen molar-refractivity contribution in [3.05, 3.63) is 71.3 Å². The number of nitrogens with zero attached hydrogens (tertiary/aromatic N) is 2. The molecule has 0 saturated carbocycles. The summed E-state index contributed by atoms with van der Waals surface area (Å²) in [7, 11) is 3.34. The average molecular weight is 393 g/mol. The van der Waals surface area contributed by atoms with Gasteiger partial charge >= 0.3 is 0 Å². The van der Waals surface area contributed by atoms with E-state index >= 15 is 0 Å². The summed E-state index contributed by atoms with van der Waals surface area (Å²) >= 11 is 0. The van der Waals surface area contributed by atoms with Crippen molar-refractivity contribution in [3.8, 4) is 0 Å². The Hall–Kier alpha value is -3.15. The van der Waals surface area contributed by atoms with Gasteiger partial charge in [-0.05, 0) is 30.2 Å². The fourth-order valence-corrected chi connectivity index (χ4v) is 3.75. The molecule has 1 aliphatic heterocycles. The lowest BCUT2D eigenvalue weighted by Gasteiger charge is -2.26. The SMILES string of the molecule is CNC(=O)c1ccc(CN(C)C(=O)[C@@H]2CC(=O)N([C@@H](C)c3ccccc3)C2)cc1. The quantitative estimate of drug-likeness (QED) is 0.820. The summed E-state index contributed by atoms with van der Waals surface area (Å²) in [5, 5.41) is 2.59. The van der Waals surface area contributed by atoms with Gasteiger partial charge in [-0.25, -0.2) is 0 Å². The van der Waals surface area contributed by atoms with Gasteiger partial charge in [-0.3, -0.25) is 14.4 Å². The minimum atomic E-state index is -0.330. The standard InChI is InChI=1S/C23H27N3O3/c1-16(18-7-5-4-6-8-18)26-15-20(13-21(26)27)23(29)25(3)14-17-9-11-19(12-10-17)22(28)24-2/h4-12,16,20H,13-15H2,1-3H3,(H,24,28)/t16-,20+/m0/s1. The first kappa shape index (κ1) is 20.6. The summed E-state index contributed by atoms with van der Waals surface area (Å²) < 4.78 is 0. The minimum absolute atomic E-state index is 0.0167. The van der Waals surface area contributed by atoms with Gasteiger partial charge in [0.2, 0.25) is 11.8 Å². The molecule has 6 heteroatoms. The van der Waals surface area contributed by atoms with E-state index in [9.17, 15) is 14.4 Å². The first-order chi connectivity index (χ1) is 13.9. The lowest BCUT2D eigenvalue weighted by Crippen LogP contribution is -2.35. The number of carbonyl (C=O) groups is 3. The lowest BCUT2D eigenvalue weighted by molar-refractivity contribution is -0.135. The molecule has 0 bridgehead atoms. The van der Waals surface area contributed by atoms with Crippen molar-refractivity contribution in [2.45, 2.75) is 25.9 Å². The fourth-order valence-electron chi connectivity index (χ4n) is 3.75. The van der Waals surface area contributed by atoms with Crippen molar-refractivity contribution >= 4 is 17.7 Å². The molecule has 2 aromatic carbocycles. The fraction of sp³-hybridized carbons (Fsp3) is 0.348. The Morgan fingerprint density at radius 2 is 1.79 bits per heavy atom. The van der Waals surface area contributed by atoms with E-state index in [0.717, 1.165) is 11.1 Å². The average Bonchev–Trinajstić information content (AvgIpc) is 3.14. The molecule has 1 heterocycles. The summed E-state index contributed by atoms with van der Waals surface area (Å²) in [5.41, 5.74) is 2.59. The van der Waals surface area contributed by atoms with Crippen molar-refractivity contribution in [2.75, 3.05) is 20.6 Å². The highest BCUT2D eigenvalue weighted by Gasteiger charge is 2.38. The van der Waals surface area contributed by atoms with Crippen LogP contribution in [0.5, 0.6) is 0 Å². The molecular formula is C23H27N3O3. The van der Waals surface area contributed by atoms with Crippen molar-refractivity contribution < 1.29 is 14.4 Å². The Labute approximate surface area is 171 Å². The van der Waals surface area contributed by atoms with Crippen LogP contribution >= 0.6 is 0 Å². The summed E-state index contributed by atoms with van der Waals surface area (Å²) in [4.78, 5) is 40.5. The molecule has 29 heavy (non-hydrogen) atoms. The van der Waals surface area contributed by atoms with Gasteiger partial charge in [-0.15, -0.1) is 0 Å². The van der Waals surface area contributed by atoms with Gasteiger partial charge in [0.15, 0.2) is 0 Å². The van der Waals surface area contributed by atoms with Gasteiger partial charge in [0, 0.05) is 39.2 Å². The molecule has 0 aromatic heterocycles. The summed E-state index contributed by atoms with van der Waals surface area (Å²) in [6, 6.07) is 17.0. The molecule has 1 saturated heterocycles. The highest BCUT2D eigenvalue weighted by Crippen LogP contribution is 2.29. The van der Waals surface area contributed by atoms with E-state index in [0.29, 0.717) is 18.7 Å². The summed E-state index contributed by atoms with van der Waals surface area (Å²) in [5.74, 6) is -0.485. The molecule has 0 unspecified atom stereocenters. The molecular weight excluding hydrogens is 366 g/mol. The second kappa shape index (κ2) is 8.90. The molecule has 2 atom stereocenters. The van der Waals surface area contributed by atoms with Gasteiger partial charge in [-0.2, -0.15) is 0 Å². The van der Waals surface area contributed by atoms with E-state index in [4.69, 9.17) is 0 Å². The second-order valence-corrected chi connectivity index (χ2v) is 7.50. The van der Waals surface area contributed by atoms with E-state index < -0.39 is 0 Å². The van der Waals surface area contributed by atoms with Crippen molar-refractivity contribution in [3.63, 3.8) is 0 Å². The number of likely N-dealkylation sites (tertiary alicyclic amines) is 1. The smallest absolute Gasteiger partial charge is 0.251 e. The predicted octanol–water partition coefficient (Wildman–Crippen LogP) is 2.61. The van der Waals surface area contributed by atoms with Gasteiger partial charge in [0.1, 0.15) is 0 Å². The van der Waals surface area contributed by atoms with Crippen LogP contribution in [0.15, 0.2) is 54.6 Å². The molecule has 1 aliphatic rings. The predicted molar refractivity (Wildman–Crippen MR) is 111 cm³/mol. The van der Waals surface area contributed by atoms with E-state index in [1.54, 1.807) is 36.0 Å². The Bertz CT molecular complexity index is 880. The van der Waals surface area contributed by atoms with Crippen molar-refractivity contribution in [1.29, 1.82) is 0 Å². The molecule has 2 aromatic rings. The molecule has 1 N–H and O–H groups in total. The number of nitrogens with one attached hydrogen (secondary N) is 1. The van der Waals surface area contributed by atoms with E-state index in [-0.39, 0.29) is 36.1 Å². The highest BCUT2D eigenvalue weighted by molar-refractivity contribution is 5.94. The first-order valence-corrected chi connectivity index (χ1v) is 9.81. The van der Waals surface area contributed by atoms with Gasteiger partial charge in [0.05, 0.1) is 12.0 Å². The third-order valence-corrected chi connectivity index (χ3v) is 5.50. The minimum Gasteiger partial charge on any atom is -0.355 e. The maximum Gasteiger partial charge on any atom is 0.251 e. The summed E-state index contributed by atoms with van der Waals surface area (Å²) in [6.45, 7) is 2.87. The first-order valence-electron chi connectivity index (χ1n) is 9.81.